The van der Waals surface area contributed by atoms with Crippen molar-refractivity contribution in [3.05, 3.63) is 65.7 Å². The quantitative estimate of drug-likeness (QED) is 0.686. The molecule has 0 aromatic heterocycles. The zero-order valence-corrected chi connectivity index (χ0v) is 12.4. The van der Waals surface area contributed by atoms with E-state index in [1.54, 1.807) is 17.1 Å². The molecule has 0 aliphatic carbocycles. The van der Waals surface area contributed by atoms with Crippen molar-refractivity contribution in [3.8, 4) is 0 Å². The van der Waals surface area contributed by atoms with Crippen LogP contribution in [-0.4, -0.2) is 12.5 Å². The number of rotatable bonds is 4. The molecule has 0 aliphatic heterocycles. The van der Waals surface area contributed by atoms with Gasteiger partial charge in [-0.1, -0.05) is 24.3 Å². The van der Waals surface area contributed by atoms with Crippen LogP contribution in [0.2, 0.25) is 0 Å². The molecule has 0 radical (unpaired) electrons. The van der Waals surface area contributed by atoms with Crippen LogP contribution < -0.4 is 10.6 Å². The Hall–Kier alpha value is -2.55. The Balaban J connectivity index is 2.17. The van der Waals surface area contributed by atoms with E-state index in [9.17, 15) is 4.79 Å². The van der Waals surface area contributed by atoms with Gasteiger partial charge in [0, 0.05) is 24.0 Å². The standard InChI is InChI=1S/C18H20N2O/c1-3-20(17-9-4-6-14(2)12-17)18(21)11-10-15-7-5-8-16(19)13-15/h4-13H,3,19H2,1-2H3/b11-10+. The summed E-state index contributed by atoms with van der Waals surface area (Å²) >= 11 is 0. The van der Waals surface area contributed by atoms with Gasteiger partial charge in [-0.2, -0.15) is 0 Å². The van der Waals surface area contributed by atoms with E-state index in [1.165, 1.54) is 0 Å². The summed E-state index contributed by atoms with van der Waals surface area (Å²) < 4.78 is 0. The number of nitrogen functional groups attached to an aromatic ring is 1. The van der Waals surface area contributed by atoms with Crippen LogP contribution in [0.25, 0.3) is 6.08 Å². The van der Waals surface area contributed by atoms with Crippen LogP contribution in [-0.2, 0) is 4.79 Å². The summed E-state index contributed by atoms with van der Waals surface area (Å²) in [7, 11) is 0. The molecule has 2 aromatic carbocycles. The van der Waals surface area contributed by atoms with Crippen LogP contribution in [0.15, 0.2) is 54.6 Å². The fourth-order valence-corrected chi connectivity index (χ4v) is 2.18. The average Bonchev–Trinajstić information content (AvgIpc) is 2.46. The number of anilines is 2. The highest BCUT2D eigenvalue weighted by Gasteiger charge is 2.10. The van der Waals surface area contributed by atoms with E-state index < -0.39 is 0 Å². The smallest absolute Gasteiger partial charge is 0.250 e. The highest BCUT2D eigenvalue weighted by molar-refractivity contribution is 6.03. The topological polar surface area (TPSA) is 46.3 Å². The predicted molar refractivity (Wildman–Crippen MR) is 89.1 cm³/mol. The van der Waals surface area contributed by atoms with E-state index in [4.69, 9.17) is 5.73 Å². The summed E-state index contributed by atoms with van der Waals surface area (Å²) in [6, 6.07) is 15.4. The van der Waals surface area contributed by atoms with E-state index >= 15 is 0 Å². The second kappa shape index (κ2) is 6.75. The molecule has 0 saturated heterocycles. The van der Waals surface area contributed by atoms with Crippen LogP contribution >= 0.6 is 0 Å². The highest BCUT2D eigenvalue weighted by atomic mass is 16.2. The number of likely N-dealkylation sites (N-methyl/N-ethyl adjacent to an activating group) is 1. The predicted octanol–water partition coefficient (Wildman–Crippen LogP) is 3.64. The molecule has 2 N–H and O–H groups in total. The molecule has 0 saturated carbocycles. The van der Waals surface area contributed by atoms with Crippen LogP contribution in [0.3, 0.4) is 0 Å². The molecule has 2 rings (SSSR count). The Morgan fingerprint density at radius 3 is 2.62 bits per heavy atom. The second-order valence-corrected chi connectivity index (χ2v) is 4.92. The molecule has 0 bridgehead atoms. The summed E-state index contributed by atoms with van der Waals surface area (Å²) in [6.07, 6.45) is 3.37. The minimum atomic E-state index is -0.0366. The first-order valence-electron chi connectivity index (χ1n) is 7.02. The van der Waals surface area contributed by atoms with E-state index in [2.05, 4.69) is 0 Å². The number of carbonyl (C=O) groups excluding carboxylic acids is 1. The lowest BCUT2D eigenvalue weighted by Crippen LogP contribution is -2.28. The normalized spacial score (nSPS) is 10.8. The van der Waals surface area contributed by atoms with E-state index in [0.29, 0.717) is 12.2 Å². The molecule has 2 aromatic rings. The number of nitrogens with two attached hydrogens (primary N) is 1. The van der Waals surface area contributed by atoms with E-state index in [1.807, 2.05) is 62.4 Å². The number of aryl methyl sites for hydroxylation is 1. The fourth-order valence-electron chi connectivity index (χ4n) is 2.18. The maximum Gasteiger partial charge on any atom is 0.250 e. The maximum absolute atomic E-state index is 12.4. The third kappa shape index (κ3) is 3.96. The minimum Gasteiger partial charge on any atom is -0.399 e. The number of amides is 1. The van der Waals surface area contributed by atoms with Gasteiger partial charge in [0.2, 0.25) is 0 Å². The van der Waals surface area contributed by atoms with E-state index in [-0.39, 0.29) is 5.91 Å². The number of carbonyl (C=O) groups is 1. The van der Waals surface area contributed by atoms with Crippen molar-refractivity contribution in [2.75, 3.05) is 17.2 Å². The third-order valence-electron chi connectivity index (χ3n) is 3.22. The summed E-state index contributed by atoms with van der Waals surface area (Å²) in [5.74, 6) is -0.0366. The van der Waals surface area contributed by atoms with Crippen molar-refractivity contribution in [1.29, 1.82) is 0 Å². The first kappa shape index (κ1) is 14.9. The van der Waals surface area contributed by atoms with Crippen molar-refractivity contribution in [1.82, 2.24) is 0 Å². The Morgan fingerprint density at radius 2 is 1.95 bits per heavy atom. The largest absolute Gasteiger partial charge is 0.399 e. The number of hydrogen-bond donors (Lipinski definition) is 1. The Labute approximate surface area is 125 Å². The lowest BCUT2D eigenvalue weighted by molar-refractivity contribution is -0.114. The summed E-state index contributed by atoms with van der Waals surface area (Å²) in [6.45, 7) is 4.61. The monoisotopic (exact) mass is 280 g/mol. The van der Waals surface area contributed by atoms with E-state index in [0.717, 1.165) is 16.8 Å². The summed E-state index contributed by atoms with van der Waals surface area (Å²) in [5, 5.41) is 0. The molecule has 0 heterocycles. The number of benzene rings is 2. The average molecular weight is 280 g/mol. The summed E-state index contributed by atoms with van der Waals surface area (Å²) in [5.41, 5.74) is 9.39. The molecule has 1 amide bonds. The molecule has 108 valence electrons. The summed E-state index contributed by atoms with van der Waals surface area (Å²) in [4.78, 5) is 14.1. The van der Waals surface area contributed by atoms with Gasteiger partial charge in [-0.3, -0.25) is 4.79 Å². The zero-order chi connectivity index (χ0) is 15.2. The van der Waals surface area contributed by atoms with Crippen molar-refractivity contribution in [2.24, 2.45) is 0 Å². The second-order valence-electron chi connectivity index (χ2n) is 4.92. The van der Waals surface area contributed by atoms with Gasteiger partial charge in [0.25, 0.3) is 5.91 Å². The Bertz CT molecular complexity index is 662. The van der Waals surface area contributed by atoms with Gasteiger partial charge >= 0.3 is 0 Å². The van der Waals surface area contributed by atoms with Crippen molar-refractivity contribution >= 4 is 23.4 Å². The molecule has 3 nitrogen and oxygen atoms in total. The number of nitrogens with zero attached hydrogens (tertiary/aromatic N) is 1. The van der Waals surface area contributed by atoms with Gasteiger partial charge in [0.15, 0.2) is 0 Å². The first-order chi connectivity index (χ1) is 10.1. The molecule has 21 heavy (non-hydrogen) atoms. The van der Waals surface area contributed by atoms with Gasteiger partial charge in [0.05, 0.1) is 0 Å². The lowest BCUT2D eigenvalue weighted by atomic mass is 10.1. The highest BCUT2D eigenvalue weighted by Crippen LogP contribution is 2.16. The van der Waals surface area contributed by atoms with Crippen LogP contribution in [0.1, 0.15) is 18.1 Å². The molecule has 0 aliphatic rings. The Morgan fingerprint density at radius 1 is 1.19 bits per heavy atom. The van der Waals surface area contributed by atoms with Gasteiger partial charge < -0.3 is 10.6 Å². The van der Waals surface area contributed by atoms with Crippen LogP contribution in [0, 0.1) is 6.92 Å². The van der Waals surface area contributed by atoms with Gasteiger partial charge in [-0.05, 0) is 55.3 Å². The van der Waals surface area contributed by atoms with Crippen molar-refractivity contribution in [2.45, 2.75) is 13.8 Å². The molecule has 0 unspecified atom stereocenters. The third-order valence-corrected chi connectivity index (χ3v) is 3.22. The number of hydrogen-bond acceptors (Lipinski definition) is 2. The lowest BCUT2D eigenvalue weighted by Gasteiger charge is -2.19. The van der Waals surface area contributed by atoms with Crippen LogP contribution in [0.5, 0.6) is 0 Å². The van der Waals surface area contributed by atoms with Crippen LogP contribution in [0.4, 0.5) is 11.4 Å². The molecule has 0 atom stereocenters. The van der Waals surface area contributed by atoms with Crippen molar-refractivity contribution < 1.29 is 4.79 Å². The zero-order valence-electron chi connectivity index (χ0n) is 12.4. The molecule has 0 fully saturated rings. The Kier molecular flexibility index (Phi) is 4.77. The van der Waals surface area contributed by atoms with Gasteiger partial charge in [-0.15, -0.1) is 0 Å². The molecule has 3 heteroatoms. The fraction of sp³-hybridized carbons (Fsp3) is 0.167. The minimum absolute atomic E-state index is 0.0366. The molecular formula is C18H20N2O. The van der Waals surface area contributed by atoms with Crippen molar-refractivity contribution in [3.63, 3.8) is 0 Å². The SMILES string of the molecule is CCN(C(=O)/C=C/c1cccc(N)c1)c1cccc(C)c1. The maximum atomic E-state index is 12.4. The van der Waals surface area contributed by atoms with Gasteiger partial charge in [-0.25, -0.2) is 0 Å². The molecule has 0 spiro atoms. The molecular weight excluding hydrogens is 260 g/mol. The first-order valence-corrected chi connectivity index (χ1v) is 7.02. The van der Waals surface area contributed by atoms with Gasteiger partial charge in [0.1, 0.15) is 0 Å².